The molecule has 25 heavy (non-hydrogen) atoms. The Morgan fingerprint density at radius 2 is 1.60 bits per heavy atom. The lowest BCUT2D eigenvalue weighted by atomic mass is 9.77. The van der Waals surface area contributed by atoms with Gasteiger partial charge in [0.1, 0.15) is 5.82 Å². The van der Waals surface area contributed by atoms with Gasteiger partial charge in [-0.25, -0.2) is 4.39 Å². The summed E-state index contributed by atoms with van der Waals surface area (Å²) in [6.07, 6.45) is 4.20. The minimum absolute atomic E-state index is 0.106. The molecule has 0 aromatic heterocycles. The molecule has 2 fully saturated rings. The van der Waals surface area contributed by atoms with Crippen LogP contribution in [0.4, 0.5) is 4.39 Å². The standard InChI is InChI=1S/C19H27BFNO3/c1-18(2)19(3,4)25-20(24-18)15-11-9-10-14(16(15)21)17(23)22-12-7-5-6-8-13-22/h9-11H,5-8,12-13H2,1-4H3. The third-order valence-corrected chi connectivity index (χ3v) is 5.66. The third kappa shape index (κ3) is 3.47. The van der Waals surface area contributed by atoms with Gasteiger partial charge in [-0.15, -0.1) is 0 Å². The number of hydrogen-bond acceptors (Lipinski definition) is 3. The summed E-state index contributed by atoms with van der Waals surface area (Å²) < 4.78 is 27.0. The van der Waals surface area contributed by atoms with Gasteiger partial charge >= 0.3 is 7.12 Å². The Morgan fingerprint density at radius 1 is 1.04 bits per heavy atom. The predicted octanol–water partition coefficient (Wildman–Crippen LogP) is 3.14. The summed E-state index contributed by atoms with van der Waals surface area (Å²) in [5.41, 5.74) is -0.697. The summed E-state index contributed by atoms with van der Waals surface area (Å²) in [6.45, 7) is 9.10. The van der Waals surface area contributed by atoms with E-state index < -0.39 is 24.1 Å². The summed E-state index contributed by atoms with van der Waals surface area (Å²) in [7, 11) is -0.804. The second kappa shape index (κ2) is 6.73. The Bertz CT molecular complexity index is 638. The van der Waals surface area contributed by atoms with Crippen molar-refractivity contribution in [3.63, 3.8) is 0 Å². The maximum atomic E-state index is 15.1. The van der Waals surface area contributed by atoms with Gasteiger partial charge in [0.05, 0.1) is 16.8 Å². The summed E-state index contributed by atoms with van der Waals surface area (Å²) in [5.74, 6) is -0.770. The van der Waals surface area contributed by atoms with E-state index in [0.29, 0.717) is 18.6 Å². The van der Waals surface area contributed by atoms with E-state index in [1.807, 2.05) is 27.7 Å². The highest BCUT2D eigenvalue weighted by molar-refractivity contribution is 6.62. The molecule has 6 heteroatoms. The van der Waals surface area contributed by atoms with Crippen LogP contribution >= 0.6 is 0 Å². The van der Waals surface area contributed by atoms with E-state index in [-0.39, 0.29) is 11.5 Å². The zero-order chi connectivity index (χ0) is 18.2. The Kier molecular flexibility index (Phi) is 4.95. The van der Waals surface area contributed by atoms with Gasteiger partial charge in [-0.3, -0.25) is 4.79 Å². The van der Waals surface area contributed by atoms with Crippen molar-refractivity contribution in [1.29, 1.82) is 0 Å². The Labute approximate surface area is 149 Å². The van der Waals surface area contributed by atoms with Crippen LogP contribution in [0, 0.1) is 5.82 Å². The van der Waals surface area contributed by atoms with E-state index in [4.69, 9.17) is 9.31 Å². The molecular formula is C19H27BFNO3. The summed E-state index contributed by atoms with van der Waals surface area (Å²) >= 11 is 0. The molecule has 1 amide bonds. The minimum Gasteiger partial charge on any atom is -0.399 e. The van der Waals surface area contributed by atoms with E-state index in [0.717, 1.165) is 25.7 Å². The van der Waals surface area contributed by atoms with Crippen LogP contribution in [0.5, 0.6) is 0 Å². The first-order chi connectivity index (χ1) is 11.7. The van der Waals surface area contributed by atoms with Crippen molar-refractivity contribution in [3.05, 3.63) is 29.6 Å². The average Bonchev–Trinajstić information content (AvgIpc) is 2.75. The zero-order valence-electron chi connectivity index (χ0n) is 15.6. The maximum Gasteiger partial charge on any atom is 0.497 e. The first-order valence-electron chi connectivity index (χ1n) is 9.16. The fourth-order valence-electron chi connectivity index (χ4n) is 3.31. The first kappa shape index (κ1) is 18.4. The van der Waals surface area contributed by atoms with Crippen LogP contribution in [0.2, 0.25) is 0 Å². The van der Waals surface area contributed by atoms with Gasteiger partial charge in [-0.1, -0.05) is 25.0 Å². The number of nitrogens with zero attached hydrogens (tertiary/aromatic N) is 1. The zero-order valence-corrected chi connectivity index (χ0v) is 15.6. The van der Waals surface area contributed by atoms with Crippen molar-refractivity contribution >= 4 is 18.5 Å². The Morgan fingerprint density at radius 3 is 2.16 bits per heavy atom. The molecular weight excluding hydrogens is 320 g/mol. The molecule has 0 saturated carbocycles. The molecule has 1 aromatic carbocycles. The summed E-state index contributed by atoms with van der Waals surface area (Å²) in [6, 6.07) is 4.89. The molecule has 2 saturated heterocycles. The molecule has 3 rings (SSSR count). The highest BCUT2D eigenvalue weighted by Crippen LogP contribution is 2.36. The van der Waals surface area contributed by atoms with Crippen LogP contribution in [-0.4, -0.2) is 42.2 Å². The summed E-state index contributed by atoms with van der Waals surface area (Å²) in [5, 5.41) is 0. The summed E-state index contributed by atoms with van der Waals surface area (Å²) in [4.78, 5) is 14.6. The number of carbonyl (C=O) groups is 1. The fraction of sp³-hybridized carbons (Fsp3) is 0.632. The third-order valence-electron chi connectivity index (χ3n) is 5.66. The maximum absolute atomic E-state index is 15.1. The van der Waals surface area contributed by atoms with Gasteiger partial charge < -0.3 is 14.2 Å². The molecule has 0 unspecified atom stereocenters. The predicted molar refractivity (Wildman–Crippen MR) is 96.5 cm³/mol. The number of amides is 1. The van der Waals surface area contributed by atoms with Crippen molar-refractivity contribution in [2.45, 2.75) is 64.6 Å². The van der Waals surface area contributed by atoms with Gasteiger partial charge in [0, 0.05) is 18.6 Å². The molecule has 136 valence electrons. The van der Waals surface area contributed by atoms with E-state index in [2.05, 4.69) is 0 Å². The highest BCUT2D eigenvalue weighted by Gasteiger charge is 2.52. The van der Waals surface area contributed by atoms with E-state index in [9.17, 15) is 4.79 Å². The first-order valence-corrected chi connectivity index (χ1v) is 9.16. The molecule has 0 atom stereocenters. The van der Waals surface area contributed by atoms with Crippen molar-refractivity contribution in [2.75, 3.05) is 13.1 Å². The number of likely N-dealkylation sites (tertiary alicyclic amines) is 1. The van der Waals surface area contributed by atoms with E-state index >= 15 is 4.39 Å². The van der Waals surface area contributed by atoms with Crippen molar-refractivity contribution in [3.8, 4) is 0 Å². The molecule has 2 aliphatic rings. The Hall–Kier alpha value is -1.40. The molecule has 1 aromatic rings. The molecule has 0 bridgehead atoms. The molecule has 0 spiro atoms. The SMILES string of the molecule is CC1(C)OB(c2cccc(C(=O)N3CCCCCC3)c2F)OC1(C)C. The number of benzene rings is 1. The second-order valence-corrected chi connectivity index (χ2v) is 8.00. The van der Waals surface area contributed by atoms with Crippen LogP contribution in [-0.2, 0) is 9.31 Å². The number of carbonyl (C=O) groups excluding carboxylic acids is 1. The normalized spacial score (nSPS) is 22.8. The molecule has 2 heterocycles. The van der Waals surface area contributed by atoms with Gasteiger partial charge in [0.2, 0.25) is 0 Å². The van der Waals surface area contributed by atoms with E-state index in [1.165, 1.54) is 0 Å². The number of halogens is 1. The monoisotopic (exact) mass is 347 g/mol. The van der Waals surface area contributed by atoms with Crippen LogP contribution in [0.15, 0.2) is 18.2 Å². The quantitative estimate of drug-likeness (QED) is 0.772. The molecule has 2 aliphatic heterocycles. The molecule has 0 aliphatic carbocycles. The molecule has 4 nitrogen and oxygen atoms in total. The van der Waals surface area contributed by atoms with Crippen LogP contribution < -0.4 is 5.46 Å². The fourth-order valence-corrected chi connectivity index (χ4v) is 3.31. The molecule has 0 N–H and O–H groups in total. The largest absolute Gasteiger partial charge is 0.497 e. The average molecular weight is 347 g/mol. The van der Waals surface area contributed by atoms with Gasteiger partial charge in [0.15, 0.2) is 0 Å². The van der Waals surface area contributed by atoms with E-state index in [1.54, 1.807) is 23.1 Å². The van der Waals surface area contributed by atoms with Crippen LogP contribution in [0.1, 0.15) is 63.7 Å². The smallest absolute Gasteiger partial charge is 0.399 e. The van der Waals surface area contributed by atoms with Crippen LogP contribution in [0.25, 0.3) is 0 Å². The highest BCUT2D eigenvalue weighted by atomic mass is 19.1. The van der Waals surface area contributed by atoms with Gasteiger partial charge in [0.25, 0.3) is 5.91 Å². The number of rotatable bonds is 2. The minimum atomic E-state index is -0.804. The number of hydrogen-bond donors (Lipinski definition) is 0. The lowest BCUT2D eigenvalue weighted by molar-refractivity contribution is 0.00578. The van der Waals surface area contributed by atoms with Gasteiger partial charge in [-0.05, 0) is 46.6 Å². The van der Waals surface area contributed by atoms with Crippen molar-refractivity contribution in [2.24, 2.45) is 0 Å². The van der Waals surface area contributed by atoms with Gasteiger partial charge in [-0.2, -0.15) is 0 Å². The van der Waals surface area contributed by atoms with Crippen LogP contribution in [0.3, 0.4) is 0 Å². The molecule has 0 radical (unpaired) electrons. The lowest BCUT2D eigenvalue weighted by Gasteiger charge is -2.32. The van der Waals surface area contributed by atoms with Crippen molar-refractivity contribution < 1.29 is 18.5 Å². The topological polar surface area (TPSA) is 38.8 Å². The second-order valence-electron chi connectivity index (χ2n) is 8.00. The lowest BCUT2D eigenvalue weighted by Crippen LogP contribution is -2.41. The van der Waals surface area contributed by atoms with Crippen molar-refractivity contribution in [1.82, 2.24) is 4.90 Å². The Balaban J connectivity index is 1.87.